The molecule has 0 atom stereocenters. The number of rotatable bonds is 4. The van der Waals surface area contributed by atoms with E-state index in [-0.39, 0.29) is 5.54 Å². The maximum absolute atomic E-state index is 8.83. The van der Waals surface area contributed by atoms with E-state index in [1.807, 2.05) is 11.8 Å². The monoisotopic (exact) mass is 175 g/mol. The van der Waals surface area contributed by atoms with E-state index in [0.717, 1.165) is 17.9 Å². The second-order valence-electron chi connectivity index (χ2n) is 3.55. The zero-order valence-corrected chi connectivity index (χ0v) is 8.08. The molecule has 1 fully saturated rings. The molecule has 0 aromatic rings. The van der Waals surface area contributed by atoms with Gasteiger partial charge >= 0.3 is 0 Å². The van der Waals surface area contributed by atoms with E-state index in [4.69, 9.17) is 5.11 Å². The number of hydrogen-bond acceptors (Lipinski definition) is 3. The van der Waals surface area contributed by atoms with Gasteiger partial charge in [-0.3, -0.25) is 0 Å². The fraction of sp³-hybridized carbons (Fsp3) is 1.00. The predicted molar refractivity (Wildman–Crippen MR) is 50.0 cm³/mol. The van der Waals surface area contributed by atoms with Crippen molar-refractivity contribution in [3.05, 3.63) is 0 Å². The second-order valence-corrected chi connectivity index (χ2v) is 4.53. The fourth-order valence-electron chi connectivity index (χ4n) is 1.47. The maximum atomic E-state index is 8.83. The SMILES string of the molecule is CC(C)NC1(CCO)CSC1. The van der Waals surface area contributed by atoms with Crippen LogP contribution in [-0.4, -0.2) is 34.8 Å². The van der Waals surface area contributed by atoms with Crippen LogP contribution in [0.4, 0.5) is 0 Å². The first-order valence-electron chi connectivity index (χ1n) is 4.15. The quantitative estimate of drug-likeness (QED) is 0.664. The highest BCUT2D eigenvalue weighted by molar-refractivity contribution is 8.00. The van der Waals surface area contributed by atoms with Crippen LogP contribution in [0.2, 0.25) is 0 Å². The molecule has 3 heteroatoms. The molecular formula is C8H17NOS. The number of hydrogen-bond donors (Lipinski definition) is 2. The summed E-state index contributed by atoms with van der Waals surface area (Å²) >= 11 is 1.95. The third-order valence-corrected chi connectivity index (χ3v) is 3.46. The van der Waals surface area contributed by atoms with Crippen LogP contribution in [0.15, 0.2) is 0 Å². The lowest BCUT2D eigenvalue weighted by Crippen LogP contribution is -2.58. The summed E-state index contributed by atoms with van der Waals surface area (Å²) < 4.78 is 0. The zero-order valence-electron chi connectivity index (χ0n) is 7.26. The van der Waals surface area contributed by atoms with Crippen LogP contribution < -0.4 is 5.32 Å². The fourth-order valence-corrected chi connectivity index (χ4v) is 2.63. The molecule has 0 bridgehead atoms. The molecule has 1 rings (SSSR count). The van der Waals surface area contributed by atoms with E-state index in [1.54, 1.807) is 0 Å². The van der Waals surface area contributed by atoms with E-state index in [1.165, 1.54) is 0 Å². The minimum absolute atomic E-state index is 0.258. The Bertz CT molecular complexity index is 123. The summed E-state index contributed by atoms with van der Waals surface area (Å²) in [5.41, 5.74) is 0.258. The molecule has 0 radical (unpaired) electrons. The molecule has 0 unspecified atom stereocenters. The van der Waals surface area contributed by atoms with E-state index < -0.39 is 0 Å². The predicted octanol–water partition coefficient (Wildman–Crippen LogP) is 0.852. The number of aliphatic hydroxyl groups excluding tert-OH is 1. The number of aliphatic hydroxyl groups is 1. The summed E-state index contributed by atoms with van der Waals surface area (Å²) in [5.74, 6) is 2.32. The Hall–Kier alpha value is 0.270. The molecule has 1 aliphatic heterocycles. The van der Waals surface area contributed by atoms with Crippen molar-refractivity contribution < 1.29 is 5.11 Å². The Morgan fingerprint density at radius 3 is 2.45 bits per heavy atom. The Kier molecular flexibility index (Phi) is 3.22. The Morgan fingerprint density at radius 2 is 2.18 bits per heavy atom. The lowest BCUT2D eigenvalue weighted by atomic mass is 9.98. The molecule has 0 aromatic heterocycles. The number of thioether (sulfide) groups is 1. The third kappa shape index (κ3) is 2.36. The van der Waals surface area contributed by atoms with Gasteiger partial charge in [-0.15, -0.1) is 0 Å². The highest BCUT2D eigenvalue weighted by Crippen LogP contribution is 2.32. The average molecular weight is 175 g/mol. The molecule has 0 spiro atoms. The highest BCUT2D eigenvalue weighted by Gasteiger charge is 2.37. The summed E-state index contributed by atoms with van der Waals surface area (Å²) in [7, 11) is 0. The van der Waals surface area contributed by atoms with Gasteiger partial charge in [0.1, 0.15) is 0 Å². The highest BCUT2D eigenvalue weighted by atomic mass is 32.2. The van der Waals surface area contributed by atoms with Crippen LogP contribution in [0.3, 0.4) is 0 Å². The smallest absolute Gasteiger partial charge is 0.0449 e. The minimum atomic E-state index is 0.258. The number of nitrogens with one attached hydrogen (secondary N) is 1. The van der Waals surface area contributed by atoms with Gasteiger partial charge in [0.05, 0.1) is 0 Å². The van der Waals surface area contributed by atoms with Gasteiger partial charge in [0.2, 0.25) is 0 Å². The van der Waals surface area contributed by atoms with Crippen LogP contribution in [0, 0.1) is 0 Å². The normalized spacial score (nSPS) is 21.8. The maximum Gasteiger partial charge on any atom is 0.0449 e. The van der Waals surface area contributed by atoms with Gasteiger partial charge in [0.15, 0.2) is 0 Å². The van der Waals surface area contributed by atoms with Gasteiger partial charge in [-0.05, 0) is 6.42 Å². The van der Waals surface area contributed by atoms with E-state index >= 15 is 0 Å². The van der Waals surface area contributed by atoms with Gasteiger partial charge in [0.25, 0.3) is 0 Å². The van der Waals surface area contributed by atoms with Crippen LogP contribution >= 0.6 is 11.8 Å². The largest absolute Gasteiger partial charge is 0.396 e. The molecular weight excluding hydrogens is 158 g/mol. The molecule has 0 aromatic carbocycles. The topological polar surface area (TPSA) is 32.3 Å². The van der Waals surface area contributed by atoms with Gasteiger partial charge in [-0.25, -0.2) is 0 Å². The van der Waals surface area contributed by atoms with Crippen LogP contribution in [-0.2, 0) is 0 Å². The lowest BCUT2D eigenvalue weighted by Gasteiger charge is -2.43. The van der Waals surface area contributed by atoms with E-state index in [0.29, 0.717) is 12.6 Å². The third-order valence-electron chi connectivity index (χ3n) is 1.94. The van der Waals surface area contributed by atoms with Crippen LogP contribution in [0.5, 0.6) is 0 Å². The molecule has 1 heterocycles. The molecule has 11 heavy (non-hydrogen) atoms. The van der Waals surface area contributed by atoms with E-state index in [2.05, 4.69) is 19.2 Å². The zero-order chi connectivity index (χ0) is 8.32. The van der Waals surface area contributed by atoms with Gasteiger partial charge in [-0.2, -0.15) is 11.8 Å². The first-order chi connectivity index (χ1) is 5.18. The Morgan fingerprint density at radius 1 is 1.55 bits per heavy atom. The van der Waals surface area contributed by atoms with Gasteiger partial charge in [0, 0.05) is 29.7 Å². The summed E-state index contributed by atoms with van der Waals surface area (Å²) in [6.45, 7) is 4.62. The van der Waals surface area contributed by atoms with Crippen LogP contribution in [0.1, 0.15) is 20.3 Å². The first kappa shape index (κ1) is 9.36. The van der Waals surface area contributed by atoms with Crippen molar-refractivity contribution in [1.82, 2.24) is 5.32 Å². The molecule has 0 aliphatic carbocycles. The standard InChI is InChI=1S/C8H17NOS/c1-7(2)9-8(3-4-10)5-11-6-8/h7,9-10H,3-6H2,1-2H3. The summed E-state index contributed by atoms with van der Waals surface area (Å²) in [5, 5.41) is 12.3. The van der Waals surface area contributed by atoms with Crippen molar-refractivity contribution in [3.8, 4) is 0 Å². The summed E-state index contributed by atoms with van der Waals surface area (Å²) in [6.07, 6.45) is 0.901. The molecule has 66 valence electrons. The Labute approximate surface area is 72.8 Å². The molecule has 0 amide bonds. The second kappa shape index (κ2) is 3.78. The molecule has 1 aliphatic rings. The summed E-state index contributed by atoms with van der Waals surface area (Å²) in [4.78, 5) is 0. The van der Waals surface area contributed by atoms with Crippen molar-refractivity contribution in [2.75, 3.05) is 18.1 Å². The molecule has 1 saturated heterocycles. The van der Waals surface area contributed by atoms with E-state index in [9.17, 15) is 0 Å². The summed E-state index contributed by atoms with van der Waals surface area (Å²) in [6, 6.07) is 0.530. The van der Waals surface area contributed by atoms with Crippen molar-refractivity contribution >= 4 is 11.8 Å². The van der Waals surface area contributed by atoms with Crippen molar-refractivity contribution in [2.24, 2.45) is 0 Å². The van der Waals surface area contributed by atoms with Crippen LogP contribution in [0.25, 0.3) is 0 Å². The Balaban J connectivity index is 2.33. The van der Waals surface area contributed by atoms with Crippen molar-refractivity contribution in [3.63, 3.8) is 0 Å². The average Bonchev–Trinajstić information content (AvgIpc) is 1.82. The molecule has 2 N–H and O–H groups in total. The lowest BCUT2D eigenvalue weighted by molar-refractivity contribution is 0.222. The van der Waals surface area contributed by atoms with Crippen molar-refractivity contribution in [2.45, 2.75) is 31.8 Å². The van der Waals surface area contributed by atoms with Gasteiger partial charge < -0.3 is 10.4 Å². The van der Waals surface area contributed by atoms with Crippen molar-refractivity contribution in [1.29, 1.82) is 0 Å². The molecule has 2 nitrogen and oxygen atoms in total. The van der Waals surface area contributed by atoms with Gasteiger partial charge in [-0.1, -0.05) is 13.8 Å². The first-order valence-corrected chi connectivity index (χ1v) is 5.30. The minimum Gasteiger partial charge on any atom is -0.396 e. The molecule has 0 saturated carbocycles.